The van der Waals surface area contributed by atoms with Crippen LogP contribution in [0.1, 0.15) is 33.1 Å². The maximum Gasteiger partial charge on any atom is 0.303 e. The molecule has 0 saturated carbocycles. The van der Waals surface area contributed by atoms with Crippen LogP contribution in [0.5, 0.6) is 0 Å². The second-order valence-corrected chi connectivity index (χ2v) is 3.48. The minimum Gasteiger partial charge on any atom is -0.481 e. The van der Waals surface area contributed by atoms with E-state index in [1.165, 1.54) is 4.90 Å². The summed E-state index contributed by atoms with van der Waals surface area (Å²) in [6.45, 7) is 4.05. The van der Waals surface area contributed by atoms with Gasteiger partial charge in [-0.15, -0.1) is 0 Å². The molecule has 0 aromatic heterocycles. The molecule has 0 radical (unpaired) electrons. The van der Waals surface area contributed by atoms with Gasteiger partial charge in [-0.25, -0.2) is 0 Å². The molecular weight excluding hydrogens is 196 g/mol. The van der Waals surface area contributed by atoms with Gasteiger partial charge in [0.05, 0.1) is 18.9 Å². The van der Waals surface area contributed by atoms with Gasteiger partial charge < -0.3 is 10.0 Å². The van der Waals surface area contributed by atoms with Crippen molar-refractivity contribution in [3.8, 4) is 6.07 Å². The van der Waals surface area contributed by atoms with Crippen molar-refractivity contribution in [1.82, 2.24) is 4.90 Å². The molecule has 0 fully saturated rings. The molecule has 0 rings (SSSR count). The van der Waals surface area contributed by atoms with Gasteiger partial charge in [-0.3, -0.25) is 9.59 Å². The lowest BCUT2D eigenvalue weighted by molar-refractivity contribution is -0.141. The van der Waals surface area contributed by atoms with E-state index in [9.17, 15) is 9.59 Å². The van der Waals surface area contributed by atoms with Crippen molar-refractivity contribution in [1.29, 1.82) is 5.26 Å². The molecule has 1 N–H and O–H groups in total. The van der Waals surface area contributed by atoms with Crippen LogP contribution in [0.15, 0.2) is 0 Å². The Bertz CT molecular complexity index is 268. The summed E-state index contributed by atoms with van der Waals surface area (Å²) in [5, 5.41) is 16.9. The maximum atomic E-state index is 11.5. The van der Waals surface area contributed by atoms with Crippen LogP contribution < -0.4 is 0 Å². The van der Waals surface area contributed by atoms with Gasteiger partial charge >= 0.3 is 5.97 Å². The molecule has 0 aromatic rings. The van der Waals surface area contributed by atoms with E-state index in [1.54, 1.807) is 0 Å². The zero-order valence-corrected chi connectivity index (χ0v) is 9.06. The van der Waals surface area contributed by atoms with Crippen LogP contribution in [0.3, 0.4) is 0 Å². The number of aliphatic carboxylic acids is 1. The highest BCUT2D eigenvalue weighted by Crippen LogP contribution is 2.04. The first-order chi connectivity index (χ1) is 6.99. The Labute approximate surface area is 89.3 Å². The second kappa shape index (κ2) is 6.82. The largest absolute Gasteiger partial charge is 0.481 e. The number of hydrogen-bond donors (Lipinski definition) is 1. The smallest absolute Gasteiger partial charge is 0.303 e. The number of rotatable bonds is 6. The standard InChI is InChI=1S/C10H16N2O3/c1-8(2)12(7-3-6-11)9(13)4-5-10(14)15/h8H,3-5,7H2,1-2H3,(H,14,15). The average Bonchev–Trinajstić information content (AvgIpc) is 2.14. The lowest BCUT2D eigenvalue weighted by Crippen LogP contribution is -2.37. The molecule has 0 saturated heterocycles. The van der Waals surface area contributed by atoms with Gasteiger partial charge in [-0.05, 0) is 13.8 Å². The van der Waals surface area contributed by atoms with E-state index in [0.29, 0.717) is 6.54 Å². The first kappa shape index (κ1) is 13.4. The molecule has 0 heterocycles. The Hall–Kier alpha value is -1.57. The van der Waals surface area contributed by atoms with Gasteiger partial charge in [0.25, 0.3) is 0 Å². The summed E-state index contributed by atoms with van der Waals surface area (Å²) in [4.78, 5) is 23.4. The minimum absolute atomic E-state index is 0.000329. The fourth-order valence-electron chi connectivity index (χ4n) is 1.20. The fourth-order valence-corrected chi connectivity index (χ4v) is 1.20. The summed E-state index contributed by atoms with van der Waals surface area (Å²) in [5.41, 5.74) is 0. The molecule has 5 heteroatoms. The van der Waals surface area contributed by atoms with Crippen molar-refractivity contribution in [3.63, 3.8) is 0 Å². The molecule has 5 nitrogen and oxygen atoms in total. The molecule has 84 valence electrons. The summed E-state index contributed by atoms with van der Waals surface area (Å²) >= 11 is 0. The molecule has 0 atom stereocenters. The molecule has 0 spiro atoms. The van der Waals surface area contributed by atoms with Crippen molar-refractivity contribution >= 4 is 11.9 Å². The van der Waals surface area contributed by atoms with E-state index in [2.05, 4.69) is 0 Å². The number of amides is 1. The maximum absolute atomic E-state index is 11.5. The molecule has 0 aliphatic rings. The van der Waals surface area contributed by atoms with Crippen molar-refractivity contribution in [2.45, 2.75) is 39.2 Å². The minimum atomic E-state index is -0.979. The van der Waals surface area contributed by atoms with Gasteiger partial charge in [0.15, 0.2) is 0 Å². The molecule has 0 bridgehead atoms. The molecule has 0 unspecified atom stereocenters. The van der Waals surface area contributed by atoms with E-state index in [4.69, 9.17) is 10.4 Å². The van der Waals surface area contributed by atoms with Crippen LogP contribution in [0.2, 0.25) is 0 Å². The zero-order chi connectivity index (χ0) is 11.8. The van der Waals surface area contributed by atoms with E-state index >= 15 is 0 Å². The molecule has 15 heavy (non-hydrogen) atoms. The number of nitrogens with zero attached hydrogens (tertiary/aromatic N) is 2. The first-order valence-electron chi connectivity index (χ1n) is 4.87. The highest BCUT2D eigenvalue weighted by Gasteiger charge is 2.16. The lowest BCUT2D eigenvalue weighted by atomic mass is 10.2. The number of carboxylic acids is 1. The van der Waals surface area contributed by atoms with Crippen molar-refractivity contribution in [2.75, 3.05) is 6.54 Å². The summed E-state index contributed by atoms with van der Waals surface area (Å²) in [6, 6.07) is 1.96. The lowest BCUT2D eigenvalue weighted by Gasteiger charge is -2.25. The van der Waals surface area contributed by atoms with Crippen molar-refractivity contribution in [3.05, 3.63) is 0 Å². The van der Waals surface area contributed by atoms with Gasteiger partial charge in [-0.1, -0.05) is 0 Å². The molecule has 0 aliphatic heterocycles. The monoisotopic (exact) mass is 212 g/mol. The Morgan fingerprint density at radius 1 is 1.40 bits per heavy atom. The van der Waals surface area contributed by atoms with Crippen LogP contribution in [0.4, 0.5) is 0 Å². The zero-order valence-electron chi connectivity index (χ0n) is 9.06. The van der Waals surface area contributed by atoms with Gasteiger partial charge in [0.1, 0.15) is 0 Å². The predicted molar refractivity (Wildman–Crippen MR) is 53.9 cm³/mol. The van der Waals surface area contributed by atoms with Crippen LogP contribution in [-0.2, 0) is 9.59 Å². The van der Waals surface area contributed by atoms with Crippen molar-refractivity contribution < 1.29 is 14.7 Å². The van der Waals surface area contributed by atoms with Crippen LogP contribution >= 0.6 is 0 Å². The number of carboxylic acid groups (broad SMARTS) is 1. The topological polar surface area (TPSA) is 81.4 Å². The number of nitriles is 1. The van der Waals surface area contributed by atoms with Crippen LogP contribution in [0.25, 0.3) is 0 Å². The highest BCUT2D eigenvalue weighted by atomic mass is 16.4. The van der Waals surface area contributed by atoms with Gasteiger partial charge in [-0.2, -0.15) is 5.26 Å². The van der Waals surface area contributed by atoms with Gasteiger partial charge in [0.2, 0.25) is 5.91 Å². The Kier molecular flexibility index (Phi) is 6.11. The predicted octanol–water partition coefficient (Wildman–Crippen LogP) is 1.00. The van der Waals surface area contributed by atoms with E-state index in [0.717, 1.165) is 0 Å². The Morgan fingerprint density at radius 3 is 2.40 bits per heavy atom. The third-order valence-corrected chi connectivity index (χ3v) is 1.96. The molecule has 0 aromatic carbocycles. The molecule has 1 amide bonds. The average molecular weight is 212 g/mol. The number of carbonyl (C=O) groups excluding carboxylic acids is 1. The van der Waals surface area contributed by atoms with Crippen LogP contribution in [0, 0.1) is 11.3 Å². The Balaban J connectivity index is 4.17. The SMILES string of the molecule is CC(C)N(CCC#N)C(=O)CCC(=O)O. The van der Waals surface area contributed by atoms with Crippen molar-refractivity contribution in [2.24, 2.45) is 0 Å². The third-order valence-electron chi connectivity index (χ3n) is 1.96. The fraction of sp³-hybridized carbons (Fsp3) is 0.700. The summed E-state index contributed by atoms with van der Waals surface area (Å²) in [7, 11) is 0. The molecular formula is C10H16N2O3. The van der Waals surface area contributed by atoms with E-state index in [1.807, 2.05) is 19.9 Å². The normalized spacial score (nSPS) is 9.73. The quantitative estimate of drug-likeness (QED) is 0.712. The summed E-state index contributed by atoms with van der Waals surface area (Å²) in [5.74, 6) is -1.19. The second-order valence-electron chi connectivity index (χ2n) is 3.48. The molecule has 0 aliphatic carbocycles. The highest BCUT2D eigenvalue weighted by molar-refractivity contribution is 5.80. The van der Waals surface area contributed by atoms with E-state index in [-0.39, 0.29) is 31.2 Å². The van der Waals surface area contributed by atoms with Gasteiger partial charge in [0, 0.05) is 19.0 Å². The summed E-state index contributed by atoms with van der Waals surface area (Å²) < 4.78 is 0. The summed E-state index contributed by atoms with van der Waals surface area (Å²) in [6.07, 6.45) is 0.116. The van der Waals surface area contributed by atoms with Crippen LogP contribution in [-0.4, -0.2) is 34.5 Å². The third kappa shape index (κ3) is 5.68. The van der Waals surface area contributed by atoms with E-state index < -0.39 is 5.97 Å². The Morgan fingerprint density at radius 2 is 2.00 bits per heavy atom. The number of carbonyl (C=O) groups is 2. The number of hydrogen-bond acceptors (Lipinski definition) is 3. The first-order valence-corrected chi connectivity index (χ1v) is 4.87.